The van der Waals surface area contributed by atoms with Gasteiger partial charge < -0.3 is 14.2 Å². The van der Waals surface area contributed by atoms with Crippen LogP contribution in [-0.4, -0.2) is 37.2 Å². The topological polar surface area (TPSA) is 78.9 Å². The molecule has 0 aromatic carbocycles. The normalized spacial score (nSPS) is 12.1. The van der Waals surface area contributed by atoms with E-state index in [1.807, 2.05) is 0 Å². The smallest absolute Gasteiger partial charge is 0.306 e. The van der Waals surface area contributed by atoms with Crippen LogP contribution >= 0.6 is 0 Å². The highest BCUT2D eigenvalue weighted by Crippen LogP contribution is 2.16. The summed E-state index contributed by atoms with van der Waals surface area (Å²) in [5.74, 6) is -0.858. The highest BCUT2D eigenvalue weighted by atomic mass is 16.6. The van der Waals surface area contributed by atoms with Crippen LogP contribution in [0.5, 0.6) is 0 Å². The maximum absolute atomic E-state index is 12.8. The molecular weight excluding hydrogens is 757 g/mol. The van der Waals surface area contributed by atoms with Gasteiger partial charge in [-0.05, 0) is 51.4 Å². The average Bonchev–Trinajstić information content (AvgIpc) is 3.26. The number of esters is 3. The summed E-state index contributed by atoms with van der Waals surface area (Å²) in [6, 6.07) is 0. The predicted octanol–water partition coefficient (Wildman–Crippen LogP) is 17.5. The summed E-state index contributed by atoms with van der Waals surface area (Å²) in [6.45, 7) is 6.63. The van der Waals surface area contributed by atoms with Crippen molar-refractivity contribution in [2.24, 2.45) is 0 Å². The molecule has 0 fully saturated rings. The van der Waals surface area contributed by atoms with Crippen molar-refractivity contribution in [1.29, 1.82) is 0 Å². The van der Waals surface area contributed by atoms with Gasteiger partial charge in [-0.3, -0.25) is 14.4 Å². The zero-order valence-electron chi connectivity index (χ0n) is 40.9. The predicted molar refractivity (Wildman–Crippen MR) is 261 cm³/mol. The number of carbonyl (C=O) groups is 3. The van der Waals surface area contributed by atoms with Gasteiger partial charge in [-0.25, -0.2) is 0 Å². The first-order valence-corrected chi connectivity index (χ1v) is 26.8. The van der Waals surface area contributed by atoms with Gasteiger partial charge in [0.25, 0.3) is 0 Å². The number of rotatable bonds is 49. The summed E-state index contributed by atoms with van der Waals surface area (Å²) in [7, 11) is 0. The molecule has 0 heterocycles. The molecule has 0 saturated heterocycles. The van der Waals surface area contributed by atoms with Crippen LogP contribution in [0.3, 0.4) is 0 Å². The van der Waals surface area contributed by atoms with Crippen molar-refractivity contribution < 1.29 is 28.6 Å². The molecule has 0 bridgehead atoms. The molecule has 0 amide bonds. The second kappa shape index (κ2) is 50.5. The molecule has 0 N–H and O–H groups in total. The first-order valence-electron chi connectivity index (χ1n) is 26.8. The monoisotopic (exact) mass is 859 g/mol. The van der Waals surface area contributed by atoms with Crippen LogP contribution in [0.25, 0.3) is 0 Å². The van der Waals surface area contributed by atoms with Gasteiger partial charge in [0, 0.05) is 19.3 Å². The SMILES string of the molecule is CCCCC/C=C\C/C=C\CCCCCCCCCCCC(=O)OC[C@@H](COC(=O)CCCCCCCCCCCC)OC(=O)CCCCCCCCCCCCCCCC. The molecule has 1 atom stereocenters. The number of unbranched alkanes of at least 4 members (excludes halogenated alkanes) is 34. The molecule has 61 heavy (non-hydrogen) atoms. The largest absolute Gasteiger partial charge is 0.462 e. The van der Waals surface area contributed by atoms with Gasteiger partial charge in [-0.1, -0.05) is 244 Å². The molecule has 358 valence electrons. The van der Waals surface area contributed by atoms with Gasteiger partial charge in [-0.2, -0.15) is 0 Å². The van der Waals surface area contributed by atoms with Crippen LogP contribution in [0.15, 0.2) is 24.3 Å². The van der Waals surface area contributed by atoms with Crippen LogP contribution in [0.4, 0.5) is 0 Å². The van der Waals surface area contributed by atoms with Gasteiger partial charge in [-0.15, -0.1) is 0 Å². The highest BCUT2D eigenvalue weighted by Gasteiger charge is 2.19. The van der Waals surface area contributed by atoms with Crippen molar-refractivity contribution in [3.05, 3.63) is 24.3 Å². The fourth-order valence-corrected chi connectivity index (χ4v) is 7.89. The molecule has 0 radical (unpaired) electrons. The fourth-order valence-electron chi connectivity index (χ4n) is 7.89. The second-order valence-corrected chi connectivity index (χ2v) is 18.2. The van der Waals surface area contributed by atoms with Gasteiger partial charge in [0.05, 0.1) is 0 Å². The second-order valence-electron chi connectivity index (χ2n) is 18.2. The van der Waals surface area contributed by atoms with Crippen LogP contribution < -0.4 is 0 Å². The molecule has 0 spiro atoms. The Bertz CT molecular complexity index is 989. The lowest BCUT2D eigenvalue weighted by Crippen LogP contribution is -2.30. The first kappa shape index (κ1) is 58.9. The lowest BCUT2D eigenvalue weighted by Gasteiger charge is -2.18. The van der Waals surface area contributed by atoms with E-state index in [2.05, 4.69) is 45.1 Å². The Morgan fingerprint density at radius 2 is 0.590 bits per heavy atom. The third-order valence-corrected chi connectivity index (χ3v) is 12.0. The van der Waals surface area contributed by atoms with E-state index in [0.717, 1.165) is 64.2 Å². The summed E-state index contributed by atoms with van der Waals surface area (Å²) in [4.78, 5) is 37.9. The molecule has 0 aliphatic rings. The van der Waals surface area contributed by atoms with Crippen LogP contribution in [-0.2, 0) is 28.6 Å². The first-order chi connectivity index (χ1) is 30.0. The summed E-state index contributed by atoms with van der Waals surface area (Å²) in [5, 5.41) is 0. The van der Waals surface area contributed by atoms with E-state index in [1.165, 1.54) is 186 Å². The lowest BCUT2D eigenvalue weighted by molar-refractivity contribution is -0.167. The van der Waals surface area contributed by atoms with Crippen molar-refractivity contribution in [3.8, 4) is 0 Å². The summed E-state index contributed by atoms with van der Waals surface area (Å²) >= 11 is 0. The molecule has 0 aliphatic heterocycles. The minimum absolute atomic E-state index is 0.0676. The minimum atomic E-state index is -0.766. The van der Waals surface area contributed by atoms with E-state index >= 15 is 0 Å². The number of carbonyl (C=O) groups excluding carboxylic acids is 3. The van der Waals surface area contributed by atoms with E-state index in [4.69, 9.17) is 14.2 Å². The maximum Gasteiger partial charge on any atom is 0.306 e. The van der Waals surface area contributed by atoms with Crippen molar-refractivity contribution in [3.63, 3.8) is 0 Å². The number of hydrogen-bond acceptors (Lipinski definition) is 6. The van der Waals surface area contributed by atoms with Gasteiger partial charge in [0.1, 0.15) is 13.2 Å². The van der Waals surface area contributed by atoms with Gasteiger partial charge in [0.15, 0.2) is 6.10 Å². The Hall–Kier alpha value is -2.11. The number of ether oxygens (including phenoxy) is 3. The zero-order chi connectivity index (χ0) is 44.4. The third-order valence-electron chi connectivity index (χ3n) is 12.0. The summed E-state index contributed by atoms with van der Waals surface area (Å²) in [6.07, 6.45) is 57.3. The minimum Gasteiger partial charge on any atom is -0.462 e. The van der Waals surface area contributed by atoms with E-state index in [0.29, 0.717) is 19.3 Å². The zero-order valence-corrected chi connectivity index (χ0v) is 40.9. The molecule has 6 nitrogen and oxygen atoms in total. The quantitative estimate of drug-likeness (QED) is 0.0262. The van der Waals surface area contributed by atoms with Crippen LogP contribution in [0.2, 0.25) is 0 Å². The van der Waals surface area contributed by atoms with Gasteiger partial charge >= 0.3 is 17.9 Å². The van der Waals surface area contributed by atoms with E-state index < -0.39 is 6.10 Å². The van der Waals surface area contributed by atoms with E-state index in [9.17, 15) is 14.4 Å². The number of hydrogen-bond donors (Lipinski definition) is 0. The molecule has 0 rings (SSSR count). The molecule has 6 heteroatoms. The number of allylic oxidation sites excluding steroid dienone is 4. The Labute approximate surface area is 379 Å². The molecular formula is C55H102O6. The van der Waals surface area contributed by atoms with Crippen molar-refractivity contribution in [2.75, 3.05) is 13.2 Å². The lowest BCUT2D eigenvalue weighted by atomic mass is 10.0. The van der Waals surface area contributed by atoms with Crippen molar-refractivity contribution in [2.45, 2.75) is 297 Å². The Morgan fingerprint density at radius 1 is 0.328 bits per heavy atom. The average molecular weight is 859 g/mol. The van der Waals surface area contributed by atoms with Crippen molar-refractivity contribution >= 4 is 17.9 Å². The van der Waals surface area contributed by atoms with Crippen LogP contribution in [0, 0.1) is 0 Å². The van der Waals surface area contributed by atoms with E-state index in [-0.39, 0.29) is 31.1 Å². The van der Waals surface area contributed by atoms with Crippen LogP contribution in [0.1, 0.15) is 290 Å². The Morgan fingerprint density at radius 3 is 0.934 bits per heavy atom. The molecule has 0 aromatic heterocycles. The summed E-state index contributed by atoms with van der Waals surface area (Å²) < 4.78 is 16.8. The Kier molecular flexibility index (Phi) is 48.8. The van der Waals surface area contributed by atoms with Crippen molar-refractivity contribution in [1.82, 2.24) is 0 Å². The van der Waals surface area contributed by atoms with Gasteiger partial charge in [0.2, 0.25) is 0 Å². The highest BCUT2D eigenvalue weighted by molar-refractivity contribution is 5.71. The maximum atomic E-state index is 12.8. The third kappa shape index (κ3) is 48.8. The fraction of sp³-hybridized carbons (Fsp3) is 0.873. The molecule has 0 aromatic rings. The molecule has 0 saturated carbocycles. The molecule has 0 aliphatic carbocycles. The Balaban J connectivity index is 4.28. The summed E-state index contributed by atoms with van der Waals surface area (Å²) in [5.41, 5.74) is 0. The standard InChI is InChI=1S/C55H102O6/c1-4-7-10-13-16-19-22-24-26-27-28-29-30-32-33-36-39-42-45-48-54(57)60-51-52(50-59-53(56)47-44-41-38-35-21-18-15-12-9-6-3)61-55(58)49-46-43-40-37-34-31-25-23-20-17-14-11-8-5-2/h16,19,24,26,52H,4-15,17-18,20-23,25,27-51H2,1-3H3/b19-16-,26-24-/t52-/m1/s1. The molecule has 0 unspecified atom stereocenters. The van der Waals surface area contributed by atoms with E-state index in [1.54, 1.807) is 0 Å².